The molecule has 9 heteroatoms. The Morgan fingerprint density at radius 2 is 2.07 bits per heavy atom. The van der Waals surface area contributed by atoms with Crippen LogP contribution >= 0.6 is 11.6 Å². The highest BCUT2D eigenvalue weighted by molar-refractivity contribution is 6.31. The van der Waals surface area contributed by atoms with Crippen LogP contribution in [0.4, 0.5) is 10.3 Å². The van der Waals surface area contributed by atoms with Gasteiger partial charge < -0.3 is 14.2 Å². The summed E-state index contributed by atoms with van der Waals surface area (Å²) in [6, 6.07) is 6.28. The van der Waals surface area contributed by atoms with E-state index in [0.29, 0.717) is 43.0 Å². The number of nitrogens with zero attached hydrogens (tertiary/aromatic N) is 4. The van der Waals surface area contributed by atoms with Gasteiger partial charge in [-0.25, -0.2) is 9.37 Å². The third kappa shape index (κ3) is 4.69. The van der Waals surface area contributed by atoms with Crippen molar-refractivity contribution in [3.63, 3.8) is 0 Å². The van der Waals surface area contributed by atoms with Gasteiger partial charge in [-0.3, -0.25) is 10.1 Å². The summed E-state index contributed by atoms with van der Waals surface area (Å²) >= 11 is 6.16. The first kappa shape index (κ1) is 21.1. The van der Waals surface area contributed by atoms with Crippen LogP contribution in [-0.2, 0) is 10.3 Å². The van der Waals surface area contributed by atoms with Gasteiger partial charge in [0.1, 0.15) is 11.9 Å². The molecule has 29 heavy (non-hydrogen) atoms. The smallest absolute Gasteiger partial charge is 0.236 e. The van der Waals surface area contributed by atoms with E-state index in [0.717, 1.165) is 5.56 Å². The quantitative estimate of drug-likeness (QED) is 0.802. The second-order valence-electron chi connectivity index (χ2n) is 7.47. The molecule has 1 aliphatic heterocycles. The highest BCUT2D eigenvalue weighted by Gasteiger charge is 2.28. The summed E-state index contributed by atoms with van der Waals surface area (Å²) in [5.74, 6) is 0.471. The molecule has 0 unspecified atom stereocenters. The lowest BCUT2D eigenvalue weighted by Crippen LogP contribution is -2.52. The van der Waals surface area contributed by atoms with E-state index in [1.54, 1.807) is 17.9 Å². The molecule has 1 aliphatic rings. The standard InChI is InChI=1S/C20H23ClFN5O2/c1-13-25-17(11-23)19(29-13)27-8-6-26(7-9-27)18(28)12-24-20(2,3)15-5-4-14(22)10-16(15)21/h4-5,10,24H,6-9,12H2,1-3H3. The summed E-state index contributed by atoms with van der Waals surface area (Å²) in [5, 5.41) is 12.7. The van der Waals surface area contributed by atoms with Crippen molar-refractivity contribution in [1.82, 2.24) is 15.2 Å². The SMILES string of the molecule is Cc1nc(C#N)c(N2CCN(C(=O)CNC(C)(C)c3ccc(F)cc3Cl)CC2)o1. The molecule has 154 valence electrons. The second-order valence-corrected chi connectivity index (χ2v) is 7.88. The number of hydrogen-bond donors (Lipinski definition) is 1. The highest BCUT2D eigenvalue weighted by Crippen LogP contribution is 2.28. The van der Waals surface area contributed by atoms with E-state index < -0.39 is 11.4 Å². The van der Waals surface area contributed by atoms with Gasteiger partial charge in [-0.2, -0.15) is 5.26 Å². The predicted molar refractivity (Wildman–Crippen MR) is 107 cm³/mol. The van der Waals surface area contributed by atoms with Crippen LogP contribution in [-0.4, -0.2) is 48.5 Å². The topological polar surface area (TPSA) is 85.4 Å². The molecule has 1 amide bonds. The third-order valence-corrected chi connectivity index (χ3v) is 5.34. The molecule has 0 bridgehead atoms. The third-order valence-electron chi connectivity index (χ3n) is 5.03. The molecule has 1 aromatic heterocycles. The van der Waals surface area contributed by atoms with Crippen molar-refractivity contribution in [2.24, 2.45) is 0 Å². The number of hydrogen-bond acceptors (Lipinski definition) is 6. The largest absolute Gasteiger partial charge is 0.424 e. The van der Waals surface area contributed by atoms with E-state index in [-0.39, 0.29) is 18.1 Å². The fourth-order valence-electron chi connectivity index (χ4n) is 3.36. The van der Waals surface area contributed by atoms with Gasteiger partial charge in [0.15, 0.2) is 5.89 Å². The first-order valence-electron chi connectivity index (χ1n) is 9.32. The zero-order valence-electron chi connectivity index (χ0n) is 16.6. The number of piperazine rings is 1. The van der Waals surface area contributed by atoms with E-state index in [1.807, 2.05) is 24.8 Å². The number of oxazole rings is 1. The molecule has 2 aromatic rings. The Labute approximate surface area is 174 Å². The number of rotatable bonds is 5. The summed E-state index contributed by atoms with van der Waals surface area (Å²) in [4.78, 5) is 20.4. The maximum atomic E-state index is 13.3. The molecule has 1 aromatic carbocycles. The maximum absolute atomic E-state index is 13.3. The van der Waals surface area contributed by atoms with E-state index in [1.165, 1.54) is 12.1 Å². The van der Waals surface area contributed by atoms with Crippen molar-refractivity contribution < 1.29 is 13.6 Å². The molecule has 7 nitrogen and oxygen atoms in total. The van der Waals surface area contributed by atoms with Gasteiger partial charge in [0, 0.05) is 43.7 Å². The van der Waals surface area contributed by atoms with Crippen molar-refractivity contribution in [1.29, 1.82) is 5.26 Å². The summed E-state index contributed by atoms with van der Waals surface area (Å²) in [7, 11) is 0. The lowest BCUT2D eigenvalue weighted by atomic mass is 9.94. The van der Waals surface area contributed by atoms with Gasteiger partial charge in [0.25, 0.3) is 0 Å². The zero-order valence-corrected chi connectivity index (χ0v) is 17.4. The van der Waals surface area contributed by atoms with Crippen LogP contribution in [0, 0.1) is 24.1 Å². The molecule has 1 saturated heterocycles. The van der Waals surface area contributed by atoms with Gasteiger partial charge in [0.05, 0.1) is 6.54 Å². The van der Waals surface area contributed by atoms with Crippen molar-refractivity contribution in [2.75, 3.05) is 37.6 Å². The van der Waals surface area contributed by atoms with Gasteiger partial charge in [-0.05, 0) is 31.5 Å². The van der Waals surface area contributed by atoms with Crippen LogP contribution in [0.15, 0.2) is 22.6 Å². The average Bonchev–Trinajstić information content (AvgIpc) is 3.07. The minimum atomic E-state index is -0.596. The van der Waals surface area contributed by atoms with Gasteiger partial charge in [-0.1, -0.05) is 17.7 Å². The van der Waals surface area contributed by atoms with Gasteiger partial charge in [-0.15, -0.1) is 0 Å². The van der Waals surface area contributed by atoms with Crippen molar-refractivity contribution in [3.05, 3.63) is 46.2 Å². The summed E-state index contributed by atoms with van der Waals surface area (Å²) in [6.45, 7) is 7.77. The Kier molecular flexibility index (Phi) is 6.10. The first-order chi connectivity index (χ1) is 13.7. The molecule has 0 saturated carbocycles. The van der Waals surface area contributed by atoms with E-state index in [9.17, 15) is 14.4 Å². The number of anilines is 1. The van der Waals surface area contributed by atoms with Crippen LogP contribution in [0.3, 0.4) is 0 Å². The molecule has 0 atom stereocenters. The predicted octanol–water partition coefficient (Wildman–Crippen LogP) is 2.82. The fraction of sp³-hybridized carbons (Fsp3) is 0.450. The van der Waals surface area contributed by atoms with Crippen LogP contribution in [0.25, 0.3) is 0 Å². The molecule has 2 heterocycles. The number of nitrogens with one attached hydrogen (secondary N) is 1. The van der Waals surface area contributed by atoms with Crippen molar-refractivity contribution in [3.8, 4) is 6.07 Å². The van der Waals surface area contributed by atoms with Gasteiger partial charge in [0.2, 0.25) is 17.5 Å². The molecule has 0 radical (unpaired) electrons. The zero-order chi connectivity index (χ0) is 21.2. The lowest BCUT2D eigenvalue weighted by Gasteiger charge is -2.35. The Bertz CT molecular complexity index is 945. The van der Waals surface area contributed by atoms with E-state index in [4.69, 9.17) is 16.0 Å². The minimum Gasteiger partial charge on any atom is -0.424 e. The Balaban J connectivity index is 1.56. The molecule has 3 rings (SSSR count). The Hall–Kier alpha value is -2.63. The van der Waals surface area contributed by atoms with Gasteiger partial charge >= 0.3 is 0 Å². The lowest BCUT2D eigenvalue weighted by molar-refractivity contribution is -0.130. The number of aryl methyl sites for hydroxylation is 1. The molecule has 0 spiro atoms. The molecule has 1 N–H and O–H groups in total. The van der Waals surface area contributed by atoms with Crippen LogP contribution in [0.1, 0.15) is 31.0 Å². The fourth-order valence-corrected chi connectivity index (χ4v) is 3.77. The number of aromatic nitrogens is 1. The number of carbonyl (C=O) groups excluding carboxylic acids is 1. The van der Waals surface area contributed by atoms with Crippen LogP contribution in [0.2, 0.25) is 5.02 Å². The second kappa shape index (κ2) is 8.39. The summed E-state index contributed by atoms with van der Waals surface area (Å²) in [6.07, 6.45) is 0. The minimum absolute atomic E-state index is 0.0368. The van der Waals surface area contributed by atoms with Crippen molar-refractivity contribution in [2.45, 2.75) is 26.3 Å². The molecular weight excluding hydrogens is 397 g/mol. The van der Waals surface area contributed by atoms with E-state index >= 15 is 0 Å². The van der Waals surface area contributed by atoms with Crippen molar-refractivity contribution >= 4 is 23.4 Å². The van der Waals surface area contributed by atoms with Crippen LogP contribution in [0.5, 0.6) is 0 Å². The maximum Gasteiger partial charge on any atom is 0.236 e. The molecule has 1 fully saturated rings. The first-order valence-corrected chi connectivity index (χ1v) is 9.70. The number of carbonyl (C=O) groups is 1. The Morgan fingerprint density at radius 1 is 1.38 bits per heavy atom. The molecule has 0 aliphatic carbocycles. The average molecular weight is 420 g/mol. The number of halogens is 2. The summed E-state index contributed by atoms with van der Waals surface area (Å²) < 4.78 is 18.8. The van der Waals surface area contributed by atoms with E-state index in [2.05, 4.69) is 10.3 Å². The summed E-state index contributed by atoms with van der Waals surface area (Å²) in [5.41, 5.74) is 0.395. The highest BCUT2D eigenvalue weighted by atomic mass is 35.5. The van der Waals surface area contributed by atoms with Crippen LogP contribution < -0.4 is 10.2 Å². The number of amides is 1. The number of benzene rings is 1. The number of nitriles is 1. The Morgan fingerprint density at radius 3 is 2.69 bits per heavy atom. The normalized spacial score (nSPS) is 14.8. The molecular formula is C20H23ClFN5O2. The monoisotopic (exact) mass is 419 g/mol.